The minimum Gasteiger partial charge on any atom is -0.364 e. The van der Waals surface area contributed by atoms with Crippen molar-refractivity contribution < 1.29 is 0 Å². The summed E-state index contributed by atoms with van der Waals surface area (Å²) in [5.41, 5.74) is -0.0440. The van der Waals surface area contributed by atoms with E-state index in [0.717, 1.165) is 30.5 Å². The third kappa shape index (κ3) is 4.14. The van der Waals surface area contributed by atoms with Gasteiger partial charge in [-0.1, -0.05) is 0 Å². The molecule has 0 atom stereocenters. The second kappa shape index (κ2) is 6.00. The van der Waals surface area contributed by atoms with E-state index >= 15 is 0 Å². The molecular formula is C13H25N5. The molecule has 1 heterocycles. The summed E-state index contributed by atoms with van der Waals surface area (Å²) in [7, 11) is 3.98. The molecule has 0 fully saturated rings. The SMILES string of the molecule is CCN(C)c1cc(NC(C)(C)CNC)nc(C)n1. The van der Waals surface area contributed by atoms with Gasteiger partial charge in [0.1, 0.15) is 17.5 Å². The van der Waals surface area contributed by atoms with Crippen LogP contribution in [0.25, 0.3) is 0 Å². The second-order valence-corrected chi connectivity index (χ2v) is 5.21. The van der Waals surface area contributed by atoms with Crippen LogP contribution < -0.4 is 15.5 Å². The molecule has 0 saturated carbocycles. The van der Waals surface area contributed by atoms with Gasteiger partial charge in [0.15, 0.2) is 0 Å². The molecule has 0 amide bonds. The Morgan fingerprint density at radius 3 is 2.56 bits per heavy atom. The molecule has 0 aromatic carbocycles. The molecule has 5 heteroatoms. The van der Waals surface area contributed by atoms with E-state index in [2.05, 4.69) is 46.3 Å². The maximum absolute atomic E-state index is 4.44. The highest BCUT2D eigenvalue weighted by molar-refractivity contribution is 5.50. The van der Waals surface area contributed by atoms with Crippen LogP contribution in [0.15, 0.2) is 6.07 Å². The molecule has 1 rings (SSSR count). The Balaban J connectivity index is 2.92. The van der Waals surface area contributed by atoms with Gasteiger partial charge < -0.3 is 15.5 Å². The monoisotopic (exact) mass is 251 g/mol. The lowest BCUT2D eigenvalue weighted by molar-refractivity contribution is 0.528. The maximum atomic E-state index is 4.44. The van der Waals surface area contributed by atoms with Gasteiger partial charge >= 0.3 is 0 Å². The zero-order valence-electron chi connectivity index (χ0n) is 12.3. The lowest BCUT2D eigenvalue weighted by atomic mass is 10.1. The highest BCUT2D eigenvalue weighted by Gasteiger charge is 2.17. The number of nitrogens with zero attached hydrogens (tertiary/aromatic N) is 3. The molecule has 1 aromatic rings. The van der Waals surface area contributed by atoms with E-state index in [1.165, 1.54) is 0 Å². The number of rotatable bonds is 6. The van der Waals surface area contributed by atoms with Gasteiger partial charge in [-0.15, -0.1) is 0 Å². The second-order valence-electron chi connectivity index (χ2n) is 5.21. The average Bonchev–Trinajstić information content (AvgIpc) is 2.26. The third-order valence-corrected chi connectivity index (χ3v) is 2.78. The smallest absolute Gasteiger partial charge is 0.134 e. The maximum Gasteiger partial charge on any atom is 0.134 e. The molecule has 0 aliphatic rings. The van der Waals surface area contributed by atoms with Crippen molar-refractivity contribution in [3.63, 3.8) is 0 Å². The number of hydrogen-bond acceptors (Lipinski definition) is 5. The molecule has 0 radical (unpaired) electrons. The van der Waals surface area contributed by atoms with E-state index in [4.69, 9.17) is 0 Å². The molecular weight excluding hydrogens is 226 g/mol. The largest absolute Gasteiger partial charge is 0.364 e. The normalized spacial score (nSPS) is 11.4. The number of hydrogen-bond donors (Lipinski definition) is 2. The zero-order valence-corrected chi connectivity index (χ0v) is 12.3. The van der Waals surface area contributed by atoms with Crippen molar-refractivity contribution in [2.45, 2.75) is 33.2 Å². The fraction of sp³-hybridized carbons (Fsp3) is 0.692. The lowest BCUT2D eigenvalue weighted by Crippen LogP contribution is -2.41. The third-order valence-electron chi connectivity index (χ3n) is 2.78. The van der Waals surface area contributed by atoms with Crippen LogP contribution in [0.5, 0.6) is 0 Å². The Morgan fingerprint density at radius 1 is 1.33 bits per heavy atom. The summed E-state index contributed by atoms with van der Waals surface area (Å²) < 4.78 is 0. The molecule has 0 unspecified atom stereocenters. The molecule has 18 heavy (non-hydrogen) atoms. The van der Waals surface area contributed by atoms with E-state index in [1.807, 2.05) is 27.1 Å². The van der Waals surface area contributed by atoms with E-state index in [1.54, 1.807) is 0 Å². The summed E-state index contributed by atoms with van der Waals surface area (Å²) in [5, 5.41) is 6.61. The highest BCUT2D eigenvalue weighted by atomic mass is 15.2. The van der Waals surface area contributed by atoms with Crippen LogP contribution in [0.2, 0.25) is 0 Å². The molecule has 0 spiro atoms. The quantitative estimate of drug-likeness (QED) is 0.805. The van der Waals surface area contributed by atoms with Crippen LogP contribution in [0, 0.1) is 6.92 Å². The van der Waals surface area contributed by atoms with Crippen molar-refractivity contribution in [2.24, 2.45) is 0 Å². The van der Waals surface area contributed by atoms with Crippen molar-refractivity contribution in [2.75, 3.05) is 37.4 Å². The zero-order chi connectivity index (χ0) is 13.8. The van der Waals surface area contributed by atoms with E-state index in [-0.39, 0.29) is 5.54 Å². The Kier molecular flexibility index (Phi) is 4.90. The Bertz CT molecular complexity index is 389. The predicted octanol–water partition coefficient (Wildman–Crippen LogP) is 1.65. The Labute approximate surface area is 110 Å². The predicted molar refractivity (Wildman–Crippen MR) is 77.3 cm³/mol. The summed E-state index contributed by atoms with van der Waals surface area (Å²) in [6.07, 6.45) is 0. The minimum absolute atomic E-state index is 0.0440. The van der Waals surface area contributed by atoms with Gasteiger partial charge in [-0.25, -0.2) is 9.97 Å². The van der Waals surface area contributed by atoms with E-state index in [0.29, 0.717) is 0 Å². The molecule has 0 aliphatic carbocycles. The first-order valence-corrected chi connectivity index (χ1v) is 6.37. The molecule has 5 nitrogen and oxygen atoms in total. The summed E-state index contributed by atoms with van der Waals surface area (Å²) in [6.45, 7) is 10.1. The van der Waals surface area contributed by atoms with Crippen LogP contribution >= 0.6 is 0 Å². The van der Waals surface area contributed by atoms with Gasteiger partial charge in [0.05, 0.1) is 0 Å². The fourth-order valence-electron chi connectivity index (χ4n) is 1.81. The first-order valence-electron chi connectivity index (χ1n) is 6.37. The fourth-order valence-corrected chi connectivity index (χ4v) is 1.81. The average molecular weight is 251 g/mol. The van der Waals surface area contributed by atoms with Crippen molar-refractivity contribution in [1.29, 1.82) is 0 Å². The van der Waals surface area contributed by atoms with Gasteiger partial charge in [0.2, 0.25) is 0 Å². The number of likely N-dealkylation sites (N-methyl/N-ethyl adjacent to an activating group) is 1. The topological polar surface area (TPSA) is 53.1 Å². The summed E-state index contributed by atoms with van der Waals surface area (Å²) in [5.74, 6) is 2.61. The first kappa shape index (κ1) is 14.7. The lowest BCUT2D eigenvalue weighted by Gasteiger charge is -2.27. The summed E-state index contributed by atoms with van der Waals surface area (Å²) >= 11 is 0. The van der Waals surface area contributed by atoms with Crippen LogP contribution in [0.4, 0.5) is 11.6 Å². The number of anilines is 2. The Hall–Kier alpha value is -1.36. The minimum atomic E-state index is -0.0440. The van der Waals surface area contributed by atoms with Crippen molar-refractivity contribution in [3.8, 4) is 0 Å². The van der Waals surface area contributed by atoms with E-state index < -0.39 is 0 Å². The van der Waals surface area contributed by atoms with Crippen LogP contribution in [0.3, 0.4) is 0 Å². The molecule has 0 bridgehead atoms. The first-order chi connectivity index (χ1) is 8.38. The number of aryl methyl sites for hydroxylation is 1. The van der Waals surface area contributed by atoms with Crippen molar-refractivity contribution >= 4 is 11.6 Å². The number of nitrogens with one attached hydrogen (secondary N) is 2. The van der Waals surface area contributed by atoms with Crippen molar-refractivity contribution in [1.82, 2.24) is 15.3 Å². The van der Waals surface area contributed by atoms with Gasteiger partial charge in [0.25, 0.3) is 0 Å². The molecule has 1 aromatic heterocycles. The van der Waals surface area contributed by atoms with Gasteiger partial charge in [0, 0.05) is 31.7 Å². The standard InChI is InChI=1S/C13H25N5/c1-7-18(6)12-8-11(15-10(2)16-12)17-13(3,4)9-14-5/h8,14H,7,9H2,1-6H3,(H,15,16,17). The number of aromatic nitrogens is 2. The molecule has 0 saturated heterocycles. The van der Waals surface area contributed by atoms with Gasteiger partial charge in [-0.3, -0.25) is 0 Å². The van der Waals surface area contributed by atoms with Crippen molar-refractivity contribution in [3.05, 3.63) is 11.9 Å². The van der Waals surface area contributed by atoms with Gasteiger partial charge in [-0.05, 0) is 34.7 Å². The van der Waals surface area contributed by atoms with Gasteiger partial charge in [-0.2, -0.15) is 0 Å². The summed E-state index contributed by atoms with van der Waals surface area (Å²) in [6, 6.07) is 1.99. The molecule has 2 N–H and O–H groups in total. The van der Waals surface area contributed by atoms with Crippen LogP contribution in [-0.4, -0.2) is 42.7 Å². The van der Waals surface area contributed by atoms with E-state index in [9.17, 15) is 0 Å². The highest BCUT2D eigenvalue weighted by Crippen LogP contribution is 2.18. The van der Waals surface area contributed by atoms with Crippen LogP contribution in [-0.2, 0) is 0 Å². The molecule has 102 valence electrons. The van der Waals surface area contributed by atoms with Crippen LogP contribution in [0.1, 0.15) is 26.6 Å². The summed E-state index contributed by atoms with van der Waals surface area (Å²) in [4.78, 5) is 11.0. The Morgan fingerprint density at radius 2 is 2.00 bits per heavy atom. The molecule has 0 aliphatic heterocycles.